The number of nitrogens with zero attached hydrogens (tertiary/aromatic N) is 2. The molecule has 0 aliphatic rings. The van der Waals surface area contributed by atoms with Crippen molar-refractivity contribution in [1.82, 2.24) is 5.43 Å². The maximum Gasteiger partial charge on any atom is 0.311 e. The van der Waals surface area contributed by atoms with Crippen molar-refractivity contribution in [3.05, 3.63) is 57.6 Å². The Morgan fingerprint density at radius 2 is 1.85 bits per heavy atom. The van der Waals surface area contributed by atoms with Crippen LogP contribution in [0.1, 0.15) is 22.8 Å². The lowest BCUT2D eigenvalue weighted by molar-refractivity contribution is -0.385. The summed E-state index contributed by atoms with van der Waals surface area (Å²) in [6, 6.07) is 9.21. The Morgan fingerprint density at radius 3 is 2.41 bits per heavy atom. The summed E-state index contributed by atoms with van der Waals surface area (Å²) in [5, 5.41) is 15.0. The largest absolute Gasteiger partial charge is 0.496 e. The predicted octanol–water partition coefficient (Wildman–Crippen LogP) is 2.77. The van der Waals surface area contributed by atoms with Gasteiger partial charge in [-0.1, -0.05) is 0 Å². The molecule has 0 spiro atoms. The van der Waals surface area contributed by atoms with Crippen LogP contribution in [0.5, 0.6) is 17.2 Å². The van der Waals surface area contributed by atoms with Crippen molar-refractivity contribution in [3.63, 3.8) is 0 Å². The van der Waals surface area contributed by atoms with Gasteiger partial charge in [-0.15, -0.1) is 0 Å². The molecule has 1 N–H and O–H groups in total. The predicted molar refractivity (Wildman–Crippen MR) is 98.9 cm³/mol. The molecule has 0 aliphatic heterocycles. The van der Waals surface area contributed by atoms with Crippen LogP contribution in [0.2, 0.25) is 0 Å². The first-order valence-electron chi connectivity index (χ1n) is 7.96. The summed E-state index contributed by atoms with van der Waals surface area (Å²) >= 11 is 0. The molecule has 9 nitrogen and oxygen atoms in total. The van der Waals surface area contributed by atoms with Crippen LogP contribution in [0.25, 0.3) is 0 Å². The van der Waals surface area contributed by atoms with E-state index in [1.807, 2.05) is 6.92 Å². The second-order valence-corrected chi connectivity index (χ2v) is 5.18. The van der Waals surface area contributed by atoms with Crippen molar-refractivity contribution < 1.29 is 23.9 Å². The minimum absolute atomic E-state index is 0.0624. The Morgan fingerprint density at radius 1 is 1.19 bits per heavy atom. The standard InChI is InChI=1S/C18H19N3O6/c1-4-27-14-7-5-12(6-8-14)18(22)20-19-11-13-9-15(21(23)24)17(26-3)10-16(13)25-2/h5-11H,4H2,1-3H3,(H,20,22)/b19-11+. The summed E-state index contributed by atoms with van der Waals surface area (Å²) in [6.07, 6.45) is 1.26. The van der Waals surface area contributed by atoms with E-state index in [9.17, 15) is 14.9 Å². The first kappa shape index (κ1) is 19.7. The van der Waals surface area contributed by atoms with E-state index < -0.39 is 10.8 Å². The van der Waals surface area contributed by atoms with Crippen molar-refractivity contribution in [2.45, 2.75) is 6.92 Å². The molecule has 9 heteroatoms. The van der Waals surface area contributed by atoms with Crippen LogP contribution in [0.3, 0.4) is 0 Å². The molecule has 27 heavy (non-hydrogen) atoms. The summed E-state index contributed by atoms with van der Waals surface area (Å²) in [5.74, 6) is 0.605. The van der Waals surface area contributed by atoms with Crippen LogP contribution in [0.4, 0.5) is 5.69 Å². The van der Waals surface area contributed by atoms with Gasteiger partial charge in [-0.2, -0.15) is 5.10 Å². The number of carbonyl (C=O) groups is 1. The van der Waals surface area contributed by atoms with Gasteiger partial charge in [-0.3, -0.25) is 14.9 Å². The van der Waals surface area contributed by atoms with Gasteiger partial charge >= 0.3 is 5.69 Å². The van der Waals surface area contributed by atoms with E-state index in [4.69, 9.17) is 14.2 Å². The third-order valence-corrected chi connectivity index (χ3v) is 3.53. The van der Waals surface area contributed by atoms with Crippen LogP contribution >= 0.6 is 0 Å². The van der Waals surface area contributed by atoms with E-state index in [2.05, 4.69) is 10.5 Å². The van der Waals surface area contributed by atoms with Crippen LogP contribution in [-0.2, 0) is 0 Å². The summed E-state index contributed by atoms with van der Waals surface area (Å²) in [5.41, 5.74) is 2.83. The lowest BCUT2D eigenvalue weighted by Gasteiger charge is -2.08. The number of ether oxygens (including phenoxy) is 3. The van der Waals surface area contributed by atoms with Gasteiger partial charge in [-0.25, -0.2) is 5.43 Å². The van der Waals surface area contributed by atoms with Crippen LogP contribution in [0.15, 0.2) is 41.5 Å². The fourth-order valence-electron chi connectivity index (χ4n) is 2.24. The van der Waals surface area contributed by atoms with Crippen LogP contribution in [0, 0.1) is 10.1 Å². The van der Waals surface area contributed by atoms with Gasteiger partial charge in [0.05, 0.1) is 32.0 Å². The number of methoxy groups -OCH3 is 2. The molecule has 0 aliphatic carbocycles. The van der Waals surface area contributed by atoms with Gasteiger partial charge in [0.2, 0.25) is 5.75 Å². The fourth-order valence-corrected chi connectivity index (χ4v) is 2.24. The first-order chi connectivity index (χ1) is 13.0. The second-order valence-electron chi connectivity index (χ2n) is 5.18. The number of rotatable bonds is 8. The molecular formula is C18H19N3O6. The second kappa shape index (κ2) is 9.18. The molecule has 2 rings (SSSR count). The molecule has 0 aromatic heterocycles. The number of nitrogens with one attached hydrogen (secondary N) is 1. The van der Waals surface area contributed by atoms with Crippen LogP contribution < -0.4 is 19.6 Å². The monoisotopic (exact) mass is 373 g/mol. The highest BCUT2D eigenvalue weighted by atomic mass is 16.6. The van der Waals surface area contributed by atoms with Gasteiger partial charge in [0, 0.05) is 23.3 Å². The Labute approximate surface area is 155 Å². The molecule has 2 aromatic rings. The highest BCUT2D eigenvalue weighted by Gasteiger charge is 2.18. The maximum atomic E-state index is 12.1. The van der Waals surface area contributed by atoms with Gasteiger partial charge < -0.3 is 14.2 Å². The number of hydrogen-bond donors (Lipinski definition) is 1. The Bertz CT molecular complexity index is 849. The molecule has 0 radical (unpaired) electrons. The van der Waals surface area contributed by atoms with Crippen molar-refractivity contribution in [1.29, 1.82) is 0 Å². The molecule has 1 amide bonds. The first-order valence-corrected chi connectivity index (χ1v) is 7.96. The van der Waals surface area contributed by atoms with Crippen LogP contribution in [-0.4, -0.2) is 37.9 Å². The number of amides is 1. The number of hydrazone groups is 1. The third kappa shape index (κ3) is 4.94. The van der Waals surface area contributed by atoms with E-state index in [1.165, 1.54) is 32.6 Å². The van der Waals surface area contributed by atoms with Crippen molar-refractivity contribution >= 4 is 17.8 Å². The molecule has 142 valence electrons. The fraction of sp³-hybridized carbons (Fsp3) is 0.222. The lowest BCUT2D eigenvalue weighted by Crippen LogP contribution is -2.17. The number of benzene rings is 2. The molecule has 0 heterocycles. The Balaban J connectivity index is 2.16. The topological polar surface area (TPSA) is 112 Å². The third-order valence-electron chi connectivity index (χ3n) is 3.53. The van der Waals surface area contributed by atoms with Gasteiger partial charge in [0.15, 0.2) is 0 Å². The molecule has 0 bridgehead atoms. The normalized spacial score (nSPS) is 10.5. The van der Waals surface area contributed by atoms with Crippen molar-refractivity contribution in [2.24, 2.45) is 5.10 Å². The summed E-state index contributed by atoms with van der Waals surface area (Å²) in [6.45, 7) is 2.40. The summed E-state index contributed by atoms with van der Waals surface area (Å²) in [4.78, 5) is 22.7. The van der Waals surface area contributed by atoms with E-state index in [-0.39, 0.29) is 11.4 Å². The maximum absolute atomic E-state index is 12.1. The molecule has 0 saturated carbocycles. The van der Waals surface area contributed by atoms with E-state index in [0.717, 1.165) is 0 Å². The van der Waals surface area contributed by atoms with Gasteiger partial charge in [-0.05, 0) is 31.2 Å². The lowest BCUT2D eigenvalue weighted by atomic mass is 10.1. The molecule has 0 unspecified atom stereocenters. The number of hydrogen-bond acceptors (Lipinski definition) is 7. The van der Waals surface area contributed by atoms with E-state index in [0.29, 0.717) is 29.2 Å². The number of nitro benzene ring substituents is 1. The molecule has 0 atom stereocenters. The van der Waals surface area contributed by atoms with E-state index in [1.54, 1.807) is 24.3 Å². The zero-order valence-electron chi connectivity index (χ0n) is 15.1. The van der Waals surface area contributed by atoms with E-state index >= 15 is 0 Å². The smallest absolute Gasteiger partial charge is 0.311 e. The highest BCUT2D eigenvalue weighted by molar-refractivity contribution is 5.95. The van der Waals surface area contributed by atoms with Crippen molar-refractivity contribution in [2.75, 3.05) is 20.8 Å². The quantitative estimate of drug-likeness (QED) is 0.432. The minimum atomic E-state index is -0.575. The Hall–Kier alpha value is -3.62. The number of carbonyl (C=O) groups excluding carboxylic acids is 1. The number of nitro groups is 1. The molecule has 2 aromatic carbocycles. The Kier molecular flexibility index (Phi) is 6.70. The zero-order chi connectivity index (χ0) is 19.8. The van der Waals surface area contributed by atoms with Gasteiger partial charge in [0.25, 0.3) is 5.91 Å². The van der Waals surface area contributed by atoms with Crippen molar-refractivity contribution in [3.8, 4) is 17.2 Å². The SMILES string of the molecule is CCOc1ccc(C(=O)N/N=C/c2cc([N+](=O)[O-])c(OC)cc2OC)cc1. The average molecular weight is 373 g/mol. The molecule has 0 saturated heterocycles. The molecular weight excluding hydrogens is 354 g/mol. The summed E-state index contributed by atoms with van der Waals surface area (Å²) < 4.78 is 15.5. The molecule has 0 fully saturated rings. The zero-order valence-corrected chi connectivity index (χ0v) is 15.1. The van der Waals surface area contributed by atoms with Gasteiger partial charge in [0.1, 0.15) is 11.5 Å². The highest BCUT2D eigenvalue weighted by Crippen LogP contribution is 2.33. The minimum Gasteiger partial charge on any atom is -0.496 e. The average Bonchev–Trinajstić information content (AvgIpc) is 2.68. The summed E-state index contributed by atoms with van der Waals surface area (Å²) in [7, 11) is 2.74.